The molecule has 0 atom stereocenters. The highest BCUT2D eigenvalue weighted by Crippen LogP contribution is 2.18. The highest BCUT2D eigenvalue weighted by molar-refractivity contribution is 5.49. The van der Waals surface area contributed by atoms with E-state index in [0.717, 1.165) is 30.0 Å². The van der Waals surface area contributed by atoms with Crippen LogP contribution in [0.2, 0.25) is 0 Å². The molecular weight excluding hydrogens is 198 g/mol. The van der Waals surface area contributed by atoms with E-state index >= 15 is 0 Å². The average Bonchev–Trinajstić information content (AvgIpc) is 2.16. The Balaban J connectivity index is 2.77. The second-order valence-electron chi connectivity index (χ2n) is 4.72. The lowest BCUT2D eigenvalue weighted by Gasteiger charge is -2.14. The molecule has 0 saturated carbocycles. The molecule has 1 rings (SSSR count). The number of pyridine rings is 1. The van der Waals surface area contributed by atoms with Crippen LogP contribution in [0.5, 0.6) is 0 Å². The summed E-state index contributed by atoms with van der Waals surface area (Å²) < 4.78 is 0. The first kappa shape index (κ1) is 13.0. The van der Waals surface area contributed by atoms with E-state index in [0.29, 0.717) is 12.5 Å². The van der Waals surface area contributed by atoms with Crippen LogP contribution in [0.3, 0.4) is 0 Å². The van der Waals surface area contributed by atoms with E-state index in [-0.39, 0.29) is 0 Å². The Labute approximate surface area is 98.5 Å². The number of nitrogens with zero attached hydrogens (tertiary/aromatic N) is 1. The zero-order valence-electron chi connectivity index (χ0n) is 10.8. The summed E-state index contributed by atoms with van der Waals surface area (Å²) in [5, 5.41) is 3.39. The Morgan fingerprint density at radius 3 is 2.62 bits per heavy atom. The van der Waals surface area contributed by atoms with Gasteiger partial charge in [0, 0.05) is 24.3 Å². The van der Waals surface area contributed by atoms with Gasteiger partial charge in [0.15, 0.2) is 0 Å². The molecule has 0 saturated heterocycles. The zero-order valence-corrected chi connectivity index (χ0v) is 10.8. The minimum atomic E-state index is 0.545. The molecule has 0 spiro atoms. The molecule has 1 aromatic heterocycles. The van der Waals surface area contributed by atoms with Crippen LogP contribution in [0.15, 0.2) is 6.07 Å². The summed E-state index contributed by atoms with van der Waals surface area (Å²) in [7, 11) is 0. The molecule has 0 bridgehead atoms. The maximum Gasteiger partial charge on any atom is 0.131 e. The molecule has 0 aliphatic rings. The first-order valence-electron chi connectivity index (χ1n) is 5.95. The third-order valence-corrected chi connectivity index (χ3v) is 2.69. The second-order valence-corrected chi connectivity index (χ2v) is 4.72. The Hall–Kier alpha value is -1.09. The summed E-state index contributed by atoms with van der Waals surface area (Å²) in [6, 6.07) is 2.08. The third kappa shape index (κ3) is 3.49. The van der Waals surface area contributed by atoms with Crippen LogP contribution >= 0.6 is 0 Å². The Kier molecular flexibility index (Phi) is 4.74. The maximum atomic E-state index is 5.75. The van der Waals surface area contributed by atoms with Crippen molar-refractivity contribution in [1.29, 1.82) is 0 Å². The summed E-state index contributed by atoms with van der Waals surface area (Å²) in [6.45, 7) is 10.1. The molecule has 0 radical (unpaired) electrons. The molecule has 3 N–H and O–H groups in total. The van der Waals surface area contributed by atoms with Gasteiger partial charge in [-0.3, -0.25) is 0 Å². The molecule has 0 unspecified atom stereocenters. The SMILES string of the molecule is Cc1cc(C)c(CN)c(NCCC(C)C)n1. The smallest absolute Gasteiger partial charge is 0.131 e. The van der Waals surface area contributed by atoms with Crippen molar-refractivity contribution in [1.82, 2.24) is 4.98 Å². The van der Waals surface area contributed by atoms with Crippen LogP contribution < -0.4 is 11.1 Å². The average molecular weight is 221 g/mol. The molecule has 0 aliphatic carbocycles. The monoisotopic (exact) mass is 221 g/mol. The summed E-state index contributed by atoms with van der Waals surface area (Å²) in [5.41, 5.74) is 9.15. The van der Waals surface area contributed by atoms with Gasteiger partial charge in [0.2, 0.25) is 0 Å². The number of anilines is 1. The minimum Gasteiger partial charge on any atom is -0.370 e. The lowest BCUT2D eigenvalue weighted by Crippen LogP contribution is -2.12. The fraction of sp³-hybridized carbons (Fsp3) is 0.615. The largest absolute Gasteiger partial charge is 0.370 e. The van der Waals surface area contributed by atoms with Crippen LogP contribution in [-0.2, 0) is 6.54 Å². The van der Waals surface area contributed by atoms with Gasteiger partial charge in [0.25, 0.3) is 0 Å². The fourth-order valence-corrected chi connectivity index (χ4v) is 1.75. The van der Waals surface area contributed by atoms with Crippen LogP contribution in [0.4, 0.5) is 5.82 Å². The lowest BCUT2D eigenvalue weighted by atomic mass is 10.1. The van der Waals surface area contributed by atoms with Crippen LogP contribution in [0, 0.1) is 19.8 Å². The molecular formula is C13H23N3. The summed E-state index contributed by atoms with van der Waals surface area (Å²) >= 11 is 0. The molecule has 1 heterocycles. The predicted octanol–water partition coefficient (Wildman–Crippen LogP) is 2.62. The molecule has 0 fully saturated rings. The Morgan fingerprint density at radius 1 is 1.38 bits per heavy atom. The van der Waals surface area contributed by atoms with E-state index in [1.807, 2.05) is 6.92 Å². The van der Waals surface area contributed by atoms with Crippen molar-refractivity contribution in [2.45, 2.75) is 40.7 Å². The van der Waals surface area contributed by atoms with Gasteiger partial charge in [-0.2, -0.15) is 0 Å². The van der Waals surface area contributed by atoms with Crippen molar-refractivity contribution in [2.75, 3.05) is 11.9 Å². The van der Waals surface area contributed by atoms with Gasteiger partial charge >= 0.3 is 0 Å². The molecule has 90 valence electrons. The van der Waals surface area contributed by atoms with Crippen molar-refractivity contribution >= 4 is 5.82 Å². The van der Waals surface area contributed by atoms with Gasteiger partial charge in [-0.15, -0.1) is 0 Å². The normalized spacial score (nSPS) is 10.9. The van der Waals surface area contributed by atoms with E-state index in [1.165, 1.54) is 5.56 Å². The molecule has 3 nitrogen and oxygen atoms in total. The predicted molar refractivity (Wildman–Crippen MR) is 69.5 cm³/mol. The van der Waals surface area contributed by atoms with Crippen molar-refractivity contribution < 1.29 is 0 Å². The van der Waals surface area contributed by atoms with E-state index < -0.39 is 0 Å². The molecule has 0 amide bonds. The topological polar surface area (TPSA) is 50.9 Å². The molecule has 0 aliphatic heterocycles. The van der Waals surface area contributed by atoms with E-state index in [1.54, 1.807) is 0 Å². The quantitative estimate of drug-likeness (QED) is 0.803. The fourth-order valence-electron chi connectivity index (χ4n) is 1.75. The first-order chi connectivity index (χ1) is 7.54. The number of hydrogen-bond acceptors (Lipinski definition) is 3. The van der Waals surface area contributed by atoms with Crippen LogP contribution in [0.1, 0.15) is 37.1 Å². The van der Waals surface area contributed by atoms with Crippen molar-refractivity contribution in [3.8, 4) is 0 Å². The van der Waals surface area contributed by atoms with E-state index in [4.69, 9.17) is 5.73 Å². The van der Waals surface area contributed by atoms with Crippen molar-refractivity contribution in [3.63, 3.8) is 0 Å². The van der Waals surface area contributed by atoms with Gasteiger partial charge in [-0.05, 0) is 37.8 Å². The van der Waals surface area contributed by atoms with Gasteiger partial charge < -0.3 is 11.1 Å². The summed E-state index contributed by atoms with van der Waals surface area (Å²) in [5.74, 6) is 1.67. The number of nitrogens with one attached hydrogen (secondary N) is 1. The number of rotatable bonds is 5. The maximum absolute atomic E-state index is 5.75. The van der Waals surface area contributed by atoms with Crippen molar-refractivity contribution in [3.05, 3.63) is 22.9 Å². The van der Waals surface area contributed by atoms with Crippen molar-refractivity contribution in [2.24, 2.45) is 11.7 Å². The van der Waals surface area contributed by atoms with E-state index in [2.05, 4.69) is 37.1 Å². The van der Waals surface area contributed by atoms with Gasteiger partial charge in [0.1, 0.15) is 5.82 Å². The highest BCUT2D eigenvalue weighted by atomic mass is 15.0. The minimum absolute atomic E-state index is 0.545. The standard InChI is InChI=1S/C13H23N3/c1-9(2)5-6-15-13-12(8-14)10(3)7-11(4)16-13/h7,9H,5-6,8,14H2,1-4H3,(H,15,16). The number of nitrogens with two attached hydrogens (primary N) is 1. The Morgan fingerprint density at radius 2 is 2.06 bits per heavy atom. The summed E-state index contributed by atoms with van der Waals surface area (Å²) in [4.78, 5) is 4.51. The Bertz CT molecular complexity index is 345. The van der Waals surface area contributed by atoms with Crippen LogP contribution in [0.25, 0.3) is 0 Å². The van der Waals surface area contributed by atoms with E-state index in [9.17, 15) is 0 Å². The number of aryl methyl sites for hydroxylation is 2. The number of hydrogen-bond donors (Lipinski definition) is 2. The number of aromatic nitrogens is 1. The summed E-state index contributed by atoms with van der Waals surface area (Å²) in [6.07, 6.45) is 1.15. The van der Waals surface area contributed by atoms with Crippen LogP contribution in [-0.4, -0.2) is 11.5 Å². The molecule has 0 aromatic carbocycles. The first-order valence-corrected chi connectivity index (χ1v) is 5.95. The van der Waals surface area contributed by atoms with Gasteiger partial charge in [0.05, 0.1) is 0 Å². The lowest BCUT2D eigenvalue weighted by molar-refractivity contribution is 0.606. The third-order valence-electron chi connectivity index (χ3n) is 2.69. The molecule has 16 heavy (non-hydrogen) atoms. The molecule has 3 heteroatoms. The van der Waals surface area contributed by atoms with Gasteiger partial charge in [-0.1, -0.05) is 13.8 Å². The van der Waals surface area contributed by atoms with Gasteiger partial charge in [-0.25, -0.2) is 4.98 Å². The second kappa shape index (κ2) is 5.85. The zero-order chi connectivity index (χ0) is 12.1. The molecule has 1 aromatic rings. The highest BCUT2D eigenvalue weighted by Gasteiger charge is 2.06.